The molecule has 3 aromatic rings. The first-order valence-corrected chi connectivity index (χ1v) is 7.39. The summed E-state index contributed by atoms with van der Waals surface area (Å²) >= 11 is 1.60. The normalized spacial score (nSPS) is 11.1. The Labute approximate surface area is 120 Å². The van der Waals surface area contributed by atoms with Crippen LogP contribution in [0.4, 0.5) is 0 Å². The number of fused-ring (bicyclic) bond motifs is 1. The van der Waals surface area contributed by atoms with Crippen LogP contribution in [0, 0.1) is 6.92 Å². The highest BCUT2D eigenvalue weighted by atomic mass is 32.2. The predicted molar refractivity (Wildman–Crippen MR) is 78.1 cm³/mol. The quantitative estimate of drug-likeness (QED) is 0.728. The lowest BCUT2D eigenvalue weighted by atomic mass is 10.3. The van der Waals surface area contributed by atoms with Gasteiger partial charge in [-0.05, 0) is 19.1 Å². The molecule has 0 radical (unpaired) electrons. The van der Waals surface area contributed by atoms with E-state index in [0.717, 1.165) is 33.4 Å². The Hall–Kier alpha value is -1.95. The fraction of sp³-hybridized carbons (Fsp3) is 0.286. The minimum atomic E-state index is 0.659. The van der Waals surface area contributed by atoms with Gasteiger partial charge in [0.05, 0.1) is 23.3 Å². The van der Waals surface area contributed by atoms with Gasteiger partial charge in [-0.2, -0.15) is 0 Å². The topological polar surface area (TPSA) is 63.9 Å². The molecule has 104 valence electrons. The largest absolute Gasteiger partial charge is 0.494 e. The molecule has 0 amide bonds. The molecule has 0 unspecified atom stereocenters. The monoisotopic (exact) mass is 289 g/mol. The molecular weight excluding hydrogens is 274 g/mol. The number of benzene rings is 1. The number of aryl methyl sites for hydroxylation is 1. The molecule has 0 aliphatic heterocycles. The van der Waals surface area contributed by atoms with Crippen molar-refractivity contribution in [3.8, 4) is 5.75 Å². The van der Waals surface area contributed by atoms with Crippen LogP contribution in [0.3, 0.4) is 0 Å². The zero-order chi connectivity index (χ0) is 13.9. The summed E-state index contributed by atoms with van der Waals surface area (Å²) in [5, 5.41) is 0.870. The first-order chi connectivity index (χ1) is 9.74. The summed E-state index contributed by atoms with van der Waals surface area (Å²) < 4.78 is 10.7. The number of nitrogens with zero attached hydrogens (tertiary/aromatic N) is 2. The molecule has 1 N–H and O–H groups in total. The maximum Gasteiger partial charge on any atom is 0.191 e. The van der Waals surface area contributed by atoms with Gasteiger partial charge in [0.15, 0.2) is 11.0 Å². The van der Waals surface area contributed by atoms with Gasteiger partial charge in [-0.15, -0.1) is 0 Å². The van der Waals surface area contributed by atoms with E-state index >= 15 is 0 Å². The maximum atomic E-state index is 5.48. The average Bonchev–Trinajstić information content (AvgIpc) is 3.02. The summed E-state index contributed by atoms with van der Waals surface area (Å²) in [6.07, 6.45) is 1.68. The standard InChI is InChI=1S/C14H15N3O2S/c1-3-18-11-4-5-12-13(6-11)17-14(16-12)20-8-10-7-19-9(2)15-10/h4-7H,3,8H2,1-2H3,(H,16,17). The average molecular weight is 289 g/mol. The number of oxazole rings is 1. The van der Waals surface area contributed by atoms with Crippen LogP contribution >= 0.6 is 11.8 Å². The third kappa shape index (κ3) is 2.80. The van der Waals surface area contributed by atoms with Gasteiger partial charge in [0.1, 0.15) is 12.0 Å². The van der Waals surface area contributed by atoms with Crippen molar-refractivity contribution in [1.29, 1.82) is 0 Å². The lowest BCUT2D eigenvalue weighted by Gasteiger charge is -2.00. The Bertz CT molecular complexity index is 720. The van der Waals surface area contributed by atoms with E-state index in [2.05, 4.69) is 15.0 Å². The lowest BCUT2D eigenvalue weighted by Crippen LogP contribution is -1.90. The number of aromatic amines is 1. The number of thioether (sulfide) groups is 1. The molecule has 3 rings (SSSR count). The molecule has 0 aliphatic carbocycles. The third-order valence-corrected chi connectivity index (χ3v) is 3.67. The van der Waals surface area contributed by atoms with E-state index in [0.29, 0.717) is 12.5 Å². The molecule has 6 heteroatoms. The van der Waals surface area contributed by atoms with Crippen molar-refractivity contribution in [3.63, 3.8) is 0 Å². The number of hydrogen-bond donors (Lipinski definition) is 1. The fourth-order valence-corrected chi connectivity index (χ4v) is 2.67. The van der Waals surface area contributed by atoms with Crippen LogP contribution in [0.15, 0.2) is 34.0 Å². The van der Waals surface area contributed by atoms with Crippen LogP contribution in [0.1, 0.15) is 18.5 Å². The first kappa shape index (κ1) is 13.1. The van der Waals surface area contributed by atoms with Gasteiger partial charge in [0.25, 0.3) is 0 Å². The third-order valence-electron chi connectivity index (χ3n) is 2.77. The van der Waals surface area contributed by atoms with Gasteiger partial charge in [-0.1, -0.05) is 11.8 Å². The van der Waals surface area contributed by atoms with E-state index < -0.39 is 0 Å². The summed E-state index contributed by atoms with van der Waals surface area (Å²) in [7, 11) is 0. The molecule has 0 saturated heterocycles. The summed E-state index contributed by atoms with van der Waals surface area (Å²) in [6.45, 7) is 4.47. The van der Waals surface area contributed by atoms with Crippen LogP contribution in [0.2, 0.25) is 0 Å². The number of hydrogen-bond acceptors (Lipinski definition) is 5. The molecule has 5 nitrogen and oxygen atoms in total. The van der Waals surface area contributed by atoms with Crippen molar-refractivity contribution in [2.75, 3.05) is 6.61 Å². The molecule has 0 fully saturated rings. The van der Waals surface area contributed by atoms with Crippen molar-refractivity contribution < 1.29 is 9.15 Å². The van der Waals surface area contributed by atoms with E-state index in [-0.39, 0.29) is 0 Å². The zero-order valence-corrected chi connectivity index (χ0v) is 12.2. The Balaban J connectivity index is 1.75. The number of ether oxygens (including phenoxy) is 1. The number of rotatable bonds is 5. The zero-order valence-electron chi connectivity index (χ0n) is 11.3. The molecule has 0 spiro atoms. The second kappa shape index (κ2) is 5.58. The van der Waals surface area contributed by atoms with E-state index in [1.54, 1.807) is 18.0 Å². The van der Waals surface area contributed by atoms with Crippen LogP contribution in [0.5, 0.6) is 5.75 Å². The van der Waals surface area contributed by atoms with E-state index in [4.69, 9.17) is 9.15 Å². The molecule has 1 aromatic carbocycles. The number of H-pyrrole nitrogens is 1. The SMILES string of the molecule is CCOc1ccc2nc(SCc3coc(C)n3)[nH]c2c1. The summed E-state index contributed by atoms with van der Waals surface area (Å²) in [4.78, 5) is 12.1. The van der Waals surface area contributed by atoms with Crippen LogP contribution in [0.25, 0.3) is 11.0 Å². The molecular formula is C14H15N3O2S. The van der Waals surface area contributed by atoms with Crippen LogP contribution in [-0.4, -0.2) is 21.6 Å². The van der Waals surface area contributed by atoms with E-state index in [1.165, 1.54) is 0 Å². The van der Waals surface area contributed by atoms with Crippen molar-refractivity contribution in [2.24, 2.45) is 0 Å². The molecule has 0 aliphatic rings. The minimum absolute atomic E-state index is 0.659. The summed E-state index contributed by atoms with van der Waals surface area (Å²) in [6, 6.07) is 5.86. The Kier molecular flexibility index (Phi) is 3.64. The Morgan fingerprint density at radius 1 is 1.35 bits per heavy atom. The van der Waals surface area contributed by atoms with Gasteiger partial charge in [0.2, 0.25) is 0 Å². The Morgan fingerprint density at radius 3 is 3.00 bits per heavy atom. The van der Waals surface area contributed by atoms with Crippen LogP contribution in [-0.2, 0) is 5.75 Å². The highest BCUT2D eigenvalue weighted by Gasteiger charge is 2.07. The second-order valence-corrected chi connectivity index (χ2v) is 5.26. The van der Waals surface area contributed by atoms with E-state index in [9.17, 15) is 0 Å². The highest BCUT2D eigenvalue weighted by molar-refractivity contribution is 7.98. The lowest BCUT2D eigenvalue weighted by molar-refractivity contribution is 0.340. The summed E-state index contributed by atoms with van der Waals surface area (Å²) in [5.74, 6) is 2.27. The number of aromatic nitrogens is 3. The summed E-state index contributed by atoms with van der Waals surface area (Å²) in [5.41, 5.74) is 2.84. The Morgan fingerprint density at radius 2 is 2.25 bits per heavy atom. The van der Waals surface area contributed by atoms with Gasteiger partial charge in [0, 0.05) is 18.7 Å². The molecule has 0 saturated carbocycles. The smallest absolute Gasteiger partial charge is 0.191 e. The van der Waals surface area contributed by atoms with Gasteiger partial charge < -0.3 is 14.1 Å². The van der Waals surface area contributed by atoms with Crippen molar-refractivity contribution in [2.45, 2.75) is 24.8 Å². The fourth-order valence-electron chi connectivity index (χ4n) is 1.91. The maximum absolute atomic E-state index is 5.48. The van der Waals surface area contributed by atoms with Crippen molar-refractivity contribution >= 4 is 22.8 Å². The number of imidazole rings is 1. The van der Waals surface area contributed by atoms with Gasteiger partial charge in [-0.3, -0.25) is 0 Å². The molecule has 0 bridgehead atoms. The van der Waals surface area contributed by atoms with Gasteiger partial charge >= 0.3 is 0 Å². The first-order valence-electron chi connectivity index (χ1n) is 6.41. The second-order valence-electron chi connectivity index (χ2n) is 4.30. The number of nitrogens with one attached hydrogen (secondary N) is 1. The van der Waals surface area contributed by atoms with Gasteiger partial charge in [-0.25, -0.2) is 9.97 Å². The molecule has 20 heavy (non-hydrogen) atoms. The predicted octanol–water partition coefficient (Wildman–Crippen LogP) is 3.55. The molecule has 2 aromatic heterocycles. The van der Waals surface area contributed by atoms with Crippen molar-refractivity contribution in [1.82, 2.24) is 15.0 Å². The highest BCUT2D eigenvalue weighted by Crippen LogP contribution is 2.25. The minimum Gasteiger partial charge on any atom is -0.494 e. The van der Waals surface area contributed by atoms with Crippen LogP contribution < -0.4 is 4.74 Å². The molecule has 0 atom stereocenters. The molecule has 2 heterocycles. The van der Waals surface area contributed by atoms with Crippen molar-refractivity contribution in [3.05, 3.63) is 36.0 Å². The van der Waals surface area contributed by atoms with E-state index in [1.807, 2.05) is 32.0 Å².